The molecule has 0 radical (unpaired) electrons. The topological polar surface area (TPSA) is 197 Å². The molecule has 0 saturated carbocycles. The van der Waals surface area contributed by atoms with Crippen molar-refractivity contribution in [2.75, 3.05) is 7.11 Å². The monoisotopic (exact) mass is 1350 g/mol. The minimum absolute atomic E-state index is 0.0124. The second kappa shape index (κ2) is 24.2. The Kier molecular flexibility index (Phi) is 17.7. The Morgan fingerprint density at radius 1 is 0.363 bits per heavy atom. The fourth-order valence-corrected chi connectivity index (χ4v) is 15.3. The van der Waals surface area contributed by atoms with E-state index in [1.807, 2.05) is 0 Å². The van der Waals surface area contributed by atoms with Crippen molar-refractivity contribution in [3.8, 4) is 40.2 Å². The molecule has 0 aliphatic carbocycles. The summed E-state index contributed by atoms with van der Waals surface area (Å²) >= 11 is 0. The third-order valence-corrected chi connectivity index (χ3v) is 21.0. The van der Waals surface area contributed by atoms with Crippen LogP contribution in [0.5, 0.6) is 40.2 Å². The van der Waals surface area contributed by atoms with Crippen LogP contribution in [0, 0.1) is 6.92 Å². The van der Waals surface area contributed by atoms with E-state index in [2.05, 4.69) is 0 Å². The van der Waals surface area contributed by atoms with E-state index in [-0.39, 0.29) is 54.5 Å². The van der Waals surface area contributed by atoms with Gasteiger partial charge in [0, 0.05) is 15.9 Å². The van der Waals surface area contributed by atoms with Crippen LogP contribution in [0.4, 0.5) is 52.7 Å². The van der Waals surface area contributed by atoms with Crippen molar-refractivity contribution in [3.63, 3.8) is 0 Å². The summed E-state index contributed by atoms with van der Waals surface area (Å²) in [6.07, 6.45) is -24.0. The lowest BCUT2D eigenvalue weighted by Gasteiger charge is -2.38. The van der Waals surface area contributed by atoms with Crippen molar-refractivity contribution in [1.82, 2.24) is 0 Å². The highest BCUT2D eigenvalue weighted by Gasteiger charge is 2.73. The molecule has 9 aromatic carbocycles. The number of sulfone groups is 1. The van der Waals surface area contributed by atoms with Gasteiger partial charge >= 0.3 is 24.7 Å². The molecule has 0 saturated heterocycles. The van der Waals surface area contributed by atoms with Crippen LogP contribution in [0.2, 0.25) is 0 Å². The summed E-state index contributed by atoms with van der Waals surface area (Å²) in [6.45, 7) is 1.70. The van der Waals surface area contributed by atoms with Crippen LogP contribution in [-0.2, 0) is 45.5 Å². The van der Waals surface area contributed by atoms with Crippen molar-refractivity contribution >= 4 is 53.1 Å². The van der Waals surface area contributed by atoms with E-state index in [0.717, 1.165) is 121 Å². The van der Waals surface area contributed by atoms with Crippen molar-refractivity contribution < 1.29 is 111 Å². The zero-order valence-electron chi connectivity index (χ0n) is 46.3. The van der Waals surface area contributed by atoms with Gasteiger partial charge in [-0.2, -0.15) is 69.5 Å². The largest absolute Gasteiger partial charge is 0.497 e. The smallest absolute Gasteiger partial charge is 0.411 e. The average Bonchev–Trinajstić information content (AvgIpc) is 0.749. The van der Waals surface area contributed by atoms with E-state index in [1.165, 1.54) is 25.3 Å². The molecule has 29 heteroatoms. The lowest BCUT2D eigenvalue weighted by Crippen LogP contribution is -2.54. The molecular weight excluding hydrogens is 1310 g/mol. The fourth-order valence-electron chi connectivity index (χ4n) is 10.1. The molecule has 1 atom stereocenters. The van der Waals surface area contributed by atoms with E-state index < -0.39 is 116 Å². The molecule has 9 aromatic rings. The SMILES string of the molecule is COc1ccc(C(c2ccc(Oc3ccc(S(=O)(=O)c4ccc(Oc5ccc(C(c6ccc(Oc7ccc(P(=O)(c8ccc(C)cc8)c8cccc(S(=O)(=O)O)c8)cc7S(=O)(=O)O)cc6)(C(F)(F)F)C(F)(F)F)cc5)cc4)cc3)cc2)(C(F)(F)F)C(F)(F)F)cc1. The molecule has 91 heavy (non-hydrogen) atoms. The fraction of sp³-hybridized carbons (Fsp3) is 0.129. The summed E-state index contributed by atoms with van der Waals surface area (Å²) in [5.41, 5.74) is -13.6. The molecule has 0 amide bonds. The Morgan fingerprint density at radius 3 is 1.03 bits per heavy atom. The third-order valence-electron chi connectivity index (χ3n) is 14.5. The summed E-state index contributed by atoms with van der Waals surface area (Å²) in [5, 5.41) is -0.518. The van der Waals surface area contributed by atoms with E-state index in [0.29, 0.717) is 66.2 Å². The number of methoxy groups -OCH3 is 1. The van der Waals surface area contributed by atoms with Crippen LogP contribution in [0.1, 0.15) is 27.8 Å². The molecule has 0 bridgehead atoms. The summed E-state index contributed by atoms with van der Waals surface area (Å²) < 4.78 is 314. The number of aryl methyl sites for hydroxylation is 1. The Hall–Kier alpha value is -8.66. The maximum Gasteiger partial charge on any atom is 0.411 e. The van der Waals surface area contributed by atoms with Crippen LogP contribution < -0.4 is 34.9 Å². The molecule has 0 aliphatic rings. The van der Waals surface area contributed by atoms with Gasteiger partial charge in [0.2, 0.25) is 20.7 Å². The van der Waals surface area contributed by atoms with E-state index in [4.69, 9.17) is 18.9 Å². The van der Waals surface area contributed by atoms with Gasteiger partial charge in [0.05, 0.1) is 21.8 Å². The van der Waals surface area contributed by atoms with Gasteiger partial charge in [-0.05, 0) is 157 Å². The summed E-state index contributed by atoms with van der Waals surface area (Å²) in [4.78, 5) is -2.41. The molecule has 0 aromatic heterocycles. The predicted octanol–water partition coefficient (Wildman–Crippen LogP) is 15.2. The molecule has 1 unspecified atom stereocenters. The number of alkyl halides is 12. The number of hydrogen-bond acceptors (Lipinski definition) is 11. The molecule has 0 fully saturated rings. The zero-order valence-corrected chi connectivity index (χ0v) is 49.6. The summed E-state index contributed by atoms with van der Waals surface area (Å²) in [7, 11) is -17.7. The molecule has 13 nitrogen and oxygen atoms in total. The van der Waals surface area contributed by atoms with E-state index in [9.17, 15) is 60.7 Å². The lowest BCUT2D eigenvalue weighted by atomic mass is 9.73. The average molecular weight is 1350 g/mol. The van der Waals surface area contributed by atoms with Gasteiger partial charge in [0.25, 0.3) is 20.2 Å². The standard InChI is InChI=1S/C62H43F12O13PS3/c1-38-6-28-49(29-7-38)88(75,50-4-3-5-54(36-50)90(78,79)80)51-30-35-55(56(37-51)91(81,82)83)87-48-22-14-42(15-23-48)58(61(69,70)71,62(72,73)74)41-12-20-45(21-13-41)86-47-26-33-53(34-27-47)89(76,77)52-31-24-46(25-32-52)85-44-18-10-40(11-19-44)57(59(63,64)65,60(66,67)68)39-8-16-43(84-2)17-9-39/h3-37H,1-2H3,(H,78,79,80)(H,81,82,83). The maximum atomic E-state index is 15.3. The van der Waals surface area contributed by atoms with Crippen LogP contribution >= 0.6 is 7.14 Å². The molecule has 0 heterocycles. The highest BCUT2D eigenvalue weighted by molar-refractivity contribution is 7.91. The molecule has 0 aliphatic heterocycles. The van der Waals surface area contributed by atoms with Crippen molar-refractivity contribution in [1.29, 1.82) is 0 Å². The Labute approximate surface area is 510 Å². The molecule has 476 valence electrons. The predicted molar refractivity (Wildman–Crippen MR) is 307 cm³/mol. The number of benzene rings is 9. The van der Waals surface area contributed by atoms with Gasteiger partial charge in [-0.3, -0.25) is 9.11 Å². The first-order valence-electron chi connectivity index (χ1n) is 25.9. The minimum Gasteiger partial charge on any atom is -0.497 e. The number of halogens is 12. The van der Waals surface area contributed by atoms with Gasteiger partial charge in [0.1, 0.15) is 45.1 Å². The zero-order chi connectivity index (χ0) is 66.5. The third kappa shape index (κ3) is 12.8. The molecule has 0 spiro atoms. The maximum absolute atomic E-state index is 15.3. The van der Waals surface area contributed by atoms with Crippen LogP contribution in [0.15, 0.2) is 232 Å². The van der Waals surface area contributed by atoms with Gasteiger partial charge in [-0.25, -0.2) is 8.42 Å². The van der Waals surface area contributed by atoms with Gasteiger partial charge < -0.3 is 23.5 Å². The Morgan fingerprint density at radius 2 is 0.692 bits per heavy atom. The first-order valence-corrected chi connectivity index (χ1v) is 32.0. The Bertz CT molecular complexity index is 4520. The van der Waals surface area contributed by atoms with Crippen molar-refractivity contribution in [2.24, 2.45) is 0 Å². The quantitative estimate of drug-likeness (QED) is 0.0468. The second-order valence-corrected chi connectivity index (χ2v) is 27.6. The van der Waals surface area contributed by atoms with E-state index >= 15 is 30.9 Å². The highest BCUT2D eigenvalue weighted by atomic mass is 32.2. The molecule has 2 N–H and O–H groups in total. The second-order valence-electron chi connectivity index (χ2n) is 20.1. The van der Waals surface area contributed by atoms with Gasteiger partial charge in [-0.15, -0.1) is 0 Å². The van der Waals surface area contributed by atoms with Crippen LogP contribution in [-0.4, -0.2) is 66.2 Å². The van der Waals surface area contributed by atoms with Crippen LogP contribution in [0.25, 0.3) is 0 Å². The Balaban J connectivity index is 0.918. The van der Waals surface area contributed by atoms with E-state index in [1.54, 1.807) is 19.1 Å². The highest BCUT2D eigenvalue weighted by Crippen LogP contribution is 2.58. The van der Waals surface area contributed by atoms with Gasteiger partial charge in [-0.1, -0.05) is 90.5 Å². The van der Waals surface area contributed by atoms with Gasteiger partial charge in [0.15, 0.2) is 7.14 Å². The number of rotatable bonds is 18. The summed E-state index contributed by atoms with van der Waals surface area (Å²) in [6, 6.07) is 32.5. The molecule has 9 rings (SSSR count). The first kappa shape index (κ1) is 66.8. The van der Waals surface area contributed by atoms with Crippen molar-refractivity contribution in [3.05, 3.63) is 240 Å². The normalized spacial score (nSPS) is 13.7. The number of hydrogen-bond donors (Lipinski definition) is 2. The van der Waals surface area contributed by atoms with Crippen molar-refractivity contribution in [2.45, 2.75) is 62.0 Å². The minimum atomic E-state index is -6.11. The number of ether oxygens (including phenoxy) is 4. The first-order chi connectivity index (χ1) is 42.3. The van der Waals surface area contributed by atoms with Crippen LogP contribution in [0.3, 0.4) is 0 Å². The lowest BCUT2D eigenvalue weighted by molar-refractivity contribution is -0.290. The summed E-state index contributed by atoms with van der Waals surface area (Å²) in [5.74, 6) is -2.04. The molecular formula is C62H43F12O13PS3.